The van der Waals surface area contributed by atoms with Gasteiger partial charge >= 0.3 is 0 Å². The van der Waals surface area contributed by atoms with Gasteiger partial charge in [0.1, 0.15) is 17.8 Å². The van der Waals surface area contributed by atoms with Gasteiger partial charge in [0.15, 0.2) is 0 Å². The Kier molecular flexibility index (Phi) is 7.01. The zero-order valence-electron chi connectivity index (χ0n) is 10.5. The highest BCUT2D eigenvalue weighted by Gasteiger charge is 2.00. The first kappa shape index (κ1) is 15.5. The number of aldehydes is 1. The summed E-state index contributed by atoms with van der Waals surface area (Å²) in [5.74, 6) is 1.45. The summed E-state index contributed by atoms with van der Waals surface area (Å²) < 4.78 is 5.57. The van der Waals surface area contributed by atoms with E-state index in [9.17, 15) is 4.79 Å². The van der Waals surface area contributed by atoms with Crippen LogP contribution < -0.4 is 4.74 Å². The fourth-order valence-corrected chi connectivity index (χ4v) is 1.45. The summed E-state index contributed by atoms with van der Waals surface area (Å²) in [6.07, 6.45) is 1.51. The average molecular weight is 297 g/mol. The number of ether oxygens (including phenoxy) is 1. The van der Waals surface area contributed by atoms with E-state index < -0.39 is 0 Å². The van der Waals surface area contributed by atoms with Crippen molar-refractivity contribution in [3.8, 4) is 11.5 Å². The van der Waals surface area contributed by atoms with Crippen molar-refractivity contribution in [1.29, 1.82) is 0 Å². The second kappa shape index (κ2) is 8.57. The van der Waals surface area contributed by atoms with Crippen molar-refractivity contribution in [2.75, 3.05) is 0 Å². The Hall–Kier alpha value is -1.51. The lowest BCUT2D eigenvalue weighted by atomic mass is 10.3. The Bertz CT molecular complexity index is 513. The van der Waals surface area contributed by atoms with Crippen molar-refractivity contribution < 1.29 is 9.53 Å². The van der Waals surface area contributed by atoms with Gasteiger partial charge in [0, 0.05) is 12.5 Å². The molecule has 0 aliphatic heterocycles. The molecule has 19 heavy (non-hydrogen) atoms. The smallest absolute Gasteiger partial charge is 0.129 e. The molecule has 100 valence electrons. The second-order valence-electron chi connectivity index (χ2n) is 3.57. The Balaban J connectivity index is 0.000000399. The molecule has 0 atom stereocenters. The molecule has 0 amide bonds. The molecule has 0 saturated heterocycles. The molecule has 0 spiro atoms. The first-order valence-corrected chi connectivity index (χ1v) is 6.54. The van der Waals surface area contributed by atoms with Crippen LogP contribution >= 0.6 is 23.2 Å². The lowest BCUT2D eigenvalue weighted by Gasteiger charge is -2.05. The predicted molar refractivity (Wildman–Crippen MR) is 79.3 cm³/mol. The molecule has 0 aliphatic rings. The zero-order chi connectivity index (χ0) is 14.1. The molecule has 0 aromatic heterocycles. The van der Waals surface area contributed by atoms with Crippen LogP contribution in [0.15, 0.2) is 48.5 Å². The van der Waals surface area contributed by atoms with E-state index in [0.717, 1.165) is 12.0 Å². The molecular weight excluding hydrogens is 283 g/mol. The van der Waals surface area contributed by atoms with Gasteiger partial charge in [-0.15, -0.1) is 0 Å². The highest BCUT2D eigenvalue weighted by Crippen LogP contribution is 2.29. The predicted octanol–water partition coefficient (Wildman–Crippen LogP) is 5.38. The summed E-state index contributed by atoms with van der Waals surface area (Å²) in [5, 5.41) is 1.02. The largest absolute Gasteiger partial charge is 0.457 e. The van der Waals surface area contributed by atoms with Gasteiger partial charge in [-0.05, 0) is 24.3 Å². The summed E-state index contributed by atoms with van der Waals surface area (Å²) in [6.45, 7) is 1.81. The summed E-state index contributed by atoms with van der Waals surface area (Å²) in [5.41, 5.74) is 0. The molecule has 0 fully saturated rings. The molecule has 0 aliphatic carbocycles. The third-order valence-electron chi connectivity index (χ3n) is 2.04. The van der Waals surface area contributed by atoms with E-state index >= 15 is 0 Å². The van der Waals surface area contributed by atoms with Crippen molar-refractivity contribution in [2.24, 2.45) is 0 Å². The van der Waals surface area contributed by atoms with Crippen LogP contribution in [0.25, 0.3) is 0 Å². The van der Waals surface area contributed by atoms with Gasteiger partial charge in [0.05, 0.1) is 10.0 Å². The minimum atomic E-state index is 0.491. The van der Waals surface area contributed by atoms with E-state index in [0.29, 0.717) is 22.2 Å². The molecule has 4 heteroatoms. The molecule has 0 saturated carbocycles. The maximum absolute atomic E-state index is 9.17. The molecular formula is C15H14Cl2O2. The van der Waals surface area contributed by atoms with E-state index in [1.54, 1.807) is 18.2 Å². The Morgan fingerprint density at radius 2 is 1.63 bits per heavy atom. The van der Waals surface area contributed by atoms with Gasteiger partial charge < -0.3 is 9.53 Å². The van der Waals surface area contributed by atoms with Crippen LogP contribution in [0.4, 0.5) is 0 Å². The zero-order valence-corrected chi connectivity index (χ0v) is 12.0. The number of hydrogen-bond acceptors (Lipinski definition) is 2. The third-order valence-corrected chi connectivity index (χ3v) is 2.78. The fourth-order valence-electron chi connectivity index (χ4n) is 1.16. The number of carbonyl (C=O) groups excluding carboxylic acids is 1. The van der Waals surface area contributed by atoms with Crippen LogP contribution in [0, 0.1) is 0 Å². The highest BCUT2D eigenvalue weighted by molar-refractivity contribution is 6.42. The lowest BCUT2D eigenvalue weighted by molar-refractivity contribution is -0.107. The Labute approximate surface area is 122 Å². The number of benzene rings is 2. The minimum absolute atomic E-state index is 0.491. The van der Waals surface area contributed by atoms with Crippen molar-refractivity contribution in [3.63, 3.8) is 0 Å². The van der Waals surface area contributed by atoms with Gasteiger partial charge in [-0.3, -0.25) is 0 Å². The molecule has 0 heterocycles. The first-order chi connectivity index (χ1) is 9.17. The van der Waals surface area contributed by atoms with Crippen LogP contribution in [-0.2, 0) is 4.79 Å². The molecule has 0 radical (unpaired) electrons. The van der Waals surface area contributed by atoms with Crippen molar-refractivity contribution in [3.05, 3.63) is 58.6 Å². The van der Waals surface area contributed by atoms with Crippen molar-refractivity contribution >= 4 is 29.5 Å². The monoisotopic (exact) mass is 296 g/mol. The molecule has 2 aromatic rings. The van der Waals surface area contributed by atoms with Crippen LogP contribution in [0.2, 0.25) is 10.0 Å². The Morgan fingerprint density at radius 3 is 2.16 bits per heavy atom. The van der Waals surface area contributed by atoms with Crippen LogP contribution in [0.1, 0.15) is 13.3 Å². The molecule has 2 aromatic carbocycles. The van der Waals surface area contributed by atoms with Crippen LogP contribution in [0.5, 0.6) is 11.5 Å². The third kappa shape index (κ3) is 5.77. The standard InChI is InChI=1S/C12H8Cl2O.C3H6O/c13-11-7-6-10(8-12(11)14)15-9-4-2-1-3-5-9;1-2-3-4/h1-8H;3H,2H2,1H3. The Morgan fingerprint density at radius 1 is 1.00 bits per heavy atom. The number of rotatable bonds is 3. The summed E-state index contributed by atoms with van der Waals surface area (Å²) in [6, 6.07) is 14.7. The van der Waals surface area contributed by atoms with Crippen LogP contribution in [-0.4, -0.2) is 6.29 Å². The molecule has 0 bridgehead atoms. The molecule has 2 nitrogen and oxygen atoms in total. The van der Waals surface area contributed by atoms with Gasteiger partial charge in [0.2, 0.25) is 0 Å². The van der Waals surface area contributed by atoms with E-state index in [4.69, 9.17) is 27.9 Å². The normalized spacial score (nSPS) is 9.21. The van der Waals surface area contributed by atoms with Gasteiger partial charge in [-0.25, -0.2) is 0 Å². The van der Waals surface area contributed by atoms with Crippen molar-refractivity contribution in [1.82, 2.24) is 0 Å². The SMILES string of the molecule is CCC=O.Clc1ccc(Oc2ccccc2)cc1Cl. The summed E-state index contributed by atoms with van der Waals surface area (Å²) in [4.78, 5) is 9.17. The molecule has 0 unspecified atom stereocenters. The van der Waals surface area contributed by atoms with E-state index in [-0.39, 0.29) is 0 Å². The minimum Gasteiger partial charge on any atom is -0.457 e. The summed E-state index contributed by atoms with van der Waals surface area (Å²) in [7, 11) is 0. The highest BCUT2D eigenvalue weighted by atomic mass is 35.5. The van der Waals surface area contributed by atoms with Gasteiger partial charge in [-0.1, -0.05) is 48.3 Å². The number of para-hydroxylation sites is 1. The molecule has 0 N–H and O–H groups in total. The topological polar surface area (TPSA) is 26.3 Å². The van der Waals surface area contributed by atoms with E-state index in [1.165, 1.54) is 0 Å². The fraction of sp³-hybridized carbons (Fsp3) is 0.133. The first-order valence-electron chi connectivity index (χ1n) is 5.79. The average Bonchev–Trinajstić information content (AvgIpc) is 2.44. The van der Waals surface area contributed by atoms with Crippen molar-refractivity contribution in [2.45, 2.75) is 13.3 Å². The maximum atomic E-state index is 9.17. The maximum Gasteiger partial charge on any atom is 0.129 e. The quantitative estimate of drug-likeness (QED) is 0.711. The number of hydrogen-bond donors (Lipinski definition) is 0. The number of carbonyl (C=O) groups is 1. The summed E-state index contributed by atoms with van der Waals surface area (Å²) >= 11 is 11.7. The van der Waals surface area contributed by atoms with Gasteiger partial charge in [0.25, 0.3) is 0 Å². The number of halogens is 2. The second-order valence-corrected chi connectivity index (χ2v) is 4.38. The van der Waals surface area contributed by atoms with Crippen LogP contribution in [0.3, 0.4) is 0 Å². The van der Waals surface area contributed by atoms with Gasteiger partial charge in [-0.2, -0.15) is 0 Å². The van der Waals surface area contributed by atoms with E-state index in [2.05, 4.69) is 0 Å². The molecule has 2 rings (SSSR count). The lowest BCUT2D eigenvalue weighted by Crippen LogP contribution is -1.83. The van der Waals surface area contributed by atoms with E-state index in [1.807, 2.05) is 37.3 Å².